The summed E-state index contributed by atoms with van der Waals surface area (Å²) < 4.78 is 27.4. The van der Waals surface area contributed by atoms with Gasteiger partial charge in [0.1, 0.15) is 17.2 Å². The van der Waals surface area contributed by atoms with Crippen molar-refractivity contribution < 1.29 is 8.78 Å². The molecule has 0 unspecified atom stereocenters. The minimum atomic E-state index is -0.710. The standard InChI is InChI=1S/C13H13BrF2N2/c1-13(2,3)7-4-6-10(14)8(15)5-9(16)11(6)18-12(7)17/h4-5H,1-3H3,(H2,17,18). The van der Waals surface area contributed by atoms with Crippen molar-refractivity contribution >= 4 is 32.7 Å². The van der Waals surface area contributed by atoms with Gasteiger partial charge in [-0.3, -0.25) is 0 Å². The van der Waals surface area contributed by atoms with E-state index in [1.165, 1.54) is 0 Å². The van der Waals surface area contributed by atoms with E-state index in [0.29, 0.717) is 5.39 Å². The molecular weight excluding hydrogens is 302 g/mol. The smallest absolute Gasteiger partial charge is 0.152 e. The van der Waals surface area contributed by atoms with Gasteiger partial charge in [0.15, 0.2) is 5.82 Å². The van der Waals surface area contributed by atoms with Crippen LogP contribution >= 0.6 is 15.9 Å². The predicted octanol–water partition coefficient (Wildman–Crippen LogP) is 4.16. The average molecular weight is 315 g/mol. The van der Waals surface area contributed by atoms with Gasteiger partial charge in [-0.1, -0.05) is 20.8 Å². The Morgan fingerprint density at radius 1 is 1.17 bits per heavy atom. The highest BCUT2D eigenvalue weighted by Gasteiger charge is 2.21. The first kappa shape index (κ1) is 13.2. The number of anilines is 1. The third kappa shape index (κ3) is 2.07. The second-order valence-electron chi connectivity index (χ2n) is 5.22. The van der Waals surface area contributed by atoms with Gasteiger partial charge in [0, 0.05) is 17.0 Å². The topological polar surface area (TPSA) is 38.9 Å². The van der Waals surface area contributed by atoms with Crippen LogP contribution in [0.25, 0.3) is 10.9 Å². The van der Waals surface area contributed by atoms with E-state index >= 15 is 0 Å². The maximum atomic E-state index is 13.7. The van der Waals surface area contributed by atoms with Gasteiger partial charge in [0.25, 0.3) is 0 Å². The molecule has 2 rings (SSSR count). The highest BCUT2D eigenvalue weighted by Crippen LogP contribution is 2.34. The fourth-order valence-electron chi connectivity index (χ4n) is 1.85. The zero-order valence-corrected chi connectivity index (χ0v) is 11.9. The van der Waals surface area contributed by atoms with Gasteiger partial charge in [0.05, 0.1) is 4.47 Å². The molecule has 0 fully saturated rings. The number of pyridine rings is 1. The molecule has 0 saturated carbocycles. The SMILES string of the molecule is CC(C)(C)c1cc2c(Br)c(F)cc(F)c2nc1N. The Labute approximate surface area is 112 Å². The van der Waals surface area contributed by atoms with Crippen molar-refractivity contribution in [1.82, 2.24) is 4.98 Å². The van der Waals surface area contributed by atoms with Crippen LogP contribution in [0.2, 0.25) is 0 Å². The molecule has 2 nitrogen and oxygen atoms in total. The number of hydrogen-bond acceptors (Lipinski definition) is 2. The Morgan fingerprint density at radius 2 is 1.78 bits per heavy atom. The summed E-state index contributed by atoms with van der Waals surface area (Å²) in [6, 6.07) is 2.49. The Balaban J connectivity index is 2.90. The quantitative estimate of drug-likeness (QED) is 0.742. The largest absolute Gasteiger partial charge is 0.383 e. The second kappa shape index (κ2) is 4.16. The maximum absolute atomic E-state index is 13.7. The van der Waals surface area contributed by atoms with Gasteiger partial charge in [-0.25, -0.2) is 13.8 Å². The molecule has 0 atom stereocenters. The molecule has 0 saturated heterocycles. The van der Waals surface area contributed by atoms with Crippen molar-refractivity contribution in [2.24, 2.45) is 0 Å². The van der Waals surface area contributed by atoms with E-state index in [4.69, 9.17) is 5.73 Å². The zero-order valence-electron chi connectivity index (χ0n) is 10.3. The lowest BCUT2D eigenvalue weighted by atomic mass is 9.86. The molecule has 0 aliphatic heterocycles. The first-order valence-corrected chi connectivity index (χ1v) is 6.25. The van der Waals surface area contributed by atoms with E-state index in [1.807, 2.05) is 20.8 Å². The average Bonchev–Trinajstić information content (AvgIpc) is 2.24. The lowest BCUT2D eigenvalue weighted by Gasteiger charge is -2.21. The van der Waals surface area contributed by atoms with Crippen LogP contribution in [0.4, 0.5) is 14.6 Å². The summed E-state index contributed by atoms with van der Waals surface area (Å²) in [5.74, 6) is -1.09. The van der Waals surface area contributed by atoms with Crippen LogP contribution in [0.5, 0.6) is 0 Å². The number of nitrogens with zero attached hydrogens (tertiary/aromatic N) is 1. The second-order valence-corrected chi connectivity index (χ2v) is 6.01. The highest BCUT2D eigenvalue weighted by molar-refractivity contribution is 9.10. The predicted molar refractivity (Wildman–Crippen MR) is 72.5 cm³/mol. The molecule has 96 valence electrons. The van der Waals surface area contributed by atoms with Crippen LogP contribution < -0.4 is 5.73 Å². The van der Waals surface area contributed by atoms with Crippen molar-refractivity contribution in [1.29, 1.82) is 0 Å². The molecule has 0 aliphatic carbocycles. The number of nitrogens with two attached hydrogens (primary N) is 1. The summed E-state index contributed by atoms with van der Waals surface area (Å²) in [5, 5.41) is 0.395. The number of rotatable bonds is 0. The molecule has 5 heteroatoms. The van der Waals surface area contributed by atoms with Crippen molar-refractivity contribution in [3.63, 3.8) is 0 Å². The van der Waals surface area contributed by atoms with E-state index in [2.05, 4.69) is 20.9 Å². The van der Waals surface area contributed by atoms with Crippen LogP contribution in [0.3, 0.4) is 0 Å². The third-order valence-electron chi connectivity index (χ3n) is 2.79. The Hall–Kier alpha value is -1.23. The van der Waals surface area contributed by atoms with Gasteiger partial charge >= 0.3 is 0 Å². The van der Waals surface area contributed by atoms with Gasteiger partial charge in [-0.2, -0.15) is 0 Å². The molecule has 0 bridgehead atoms. The molecule has 0 radical (unpaired) electrons. The first-order valence-electron chi connectivity index (χ1n) is 5.46. The van der Waals surface area contributed by atoms with E-state index in [0.717, 1.165) is 11.6 Å². The Morgan fingerprint density at radius 3 is 2.33 bits per heavy atom. The van der Waals surface area contributed by atoms with E-state index in [1.54, 1.807) is 6.07 Å². The summed E-state index contributed by atoms with van der Waals surface area (Å²) in [6.45, 7) is 5.90. The first-order chi connectivity index (χ1) is 8.21. The van der Waals surface area contributed by atoms with E-state index in [-0.39, 0.29) is 21.2 Å². The summed E-state index contributed by atoms with van der Waals surface area (Å²) in [6.07, 6.45) is 0. The number of fused-ring (bicyclic) bond motifs is 1. The van der Waals surface area contributed by atoms with Crippen LogP contribution in [0.15, 0.2) is 16.6 Å². The number of benzene rings is 1. The lowest BCUT2D eigenvalue weighted by Crippen LogP contribution is -2.15. The number of hydrogen-bond donors (Lipinski definition) is 1. The van der Waals surface area contributed by atoms with Crippen molar-refractivity contribution in [2.75, 3.05) is 5.73 Å². The summed E-state index contributed by atoms with van der Waals surface area (Å²) in [7, 11) is 0. The Kier molecular flexibility index (Phi) is 3.05. The van der Waals surface area contributed by atoms with Gasteiger partial charge < -0.3 is 5.73 Å². The lowest BCUT2D eigenvalue weighted by molar-refractivity contribution is 0.581. The van der Waals surface area contributed by atoms with Gasteiger partial charge in [0.2, 0.25) is 0 Å². The maximum Gasteiger partial charge on any atom is 0.152 e. The number of halogens is 3. The third-order valence-corrected chi connectivity index (χ3v) is 3.59. The monoisotopic (exact) mass is 314 g/mol. The molecule has 1 aromatic heterocycles. The Bertz CT molecular complexity index is 633. The van der Waals surface area contributed by atoms with Crippen LogP contribution in [-0.4, -0.2) is 4.98 Å². The minimum absolute atomic E-state index is 0.0776. The molecule has 0 aliphatic rings. The molecule has 18 heavy (non-hydrogen) atoms. The van der Waals surface area contributed by atoms with Gasteiger partial charge in [-0.05, 0) is 27.4 Å². The molecule has 0 amide bonds. The van der Waals surface area contributed by atoms with Crippen molar-refractivity contribution in [2.45, 2.75) is 26.2 Å². The number of aromatic nitrogens is 1. The van der Waals surface area contributed by atoms with Gasteiger partial charge in [-0.15, -0.1) is 0 Å². The van der Waals surface area contributed by atoms with Crippen LogP contribution in [0.1, 0.15) is 26.3 Å². The molecule has 0 spiro atoms. The molecular formula is C13H13BrF2N2. The number of nitrogen functional groups attached to an aromatic ring is 1. The summed E-state index contributed by atoms with van der Waals surface area (Å²) in [4.78, 5) is 4.05. The zero-order chi connectivity index (χ0) is 13.7. The molecule has 1 heterocycles. The van der Waals surface area contributed by atoms with Crippen LogP contribution in [-0.2, 0) is 5.41 Å². The minimum Gasteiger partial charge on any atom is -0.383 e. The van der Waals surface area contributed by atoms with E-state index in [9.17, 15) is 8.78 Å². The van der Waals surface area contributed by atoms with Crippen molar-refractivity contribution in [3.05, 3.63) is 33.8 Å². The van der Waals surface area contributed by atoms with E-state index < -0.39 is 11.6 Å². The molecule has 1 aromatic carbocycles. The normalized spacial score (nSPS) is 12.1. The van der Waals surface area contributed by atoms with Crippen molar-refractivity contribution in [3.8, 4) is 0 Å². The summed E-state index contributed by atoms with van der Waals surface area (Å²) in [5.41, 5.74) is 6.44. The van der Waals surface area contributed by atoms with Crippen LogP contribution in [0, 0.1) is 11.6 Å². The fraction of sp³-hybridized carbons (Fsp3) is 0.308. The summed E-state index contributed by atoms with van der Waals surface area (Å²) >= 11 is 3.12. The molecule has 2 N–H and O–H groups in total. The molecule has 2 aromatic rings. The fourth-order valence-corrected chi connectivity index (χ4v) is 2.27. The highest BCUT2D eigenvalue weighted by atomic mass is 79.9.